The van der Waals surface area contributed by atoms with Crippen molar-refractivity contribution in [3.8, 4) is 17.2 Å². The Labute approximate surface area is 237 Å². The van der Waals surface area contributed by atoms with Crippen LogP contribution in [0.2, 0.25) is 0 Å². The van der Waals surface area contributed by atoms with E-state index in [0.717, 1.165) is 5.56 Å². The van der Waals surface area contributed by atoms with Crippen molar-refractivity contribution in [1.82, 2.24) is 5.43 Å². The van der Waals surface area contributed by atoms with Gasteiger partial charge in [0.1, 0.15) is 5.75 Å². The lowest BCUT2D eigenvalue weighted by molar-refractivity contribution is 0.0727. The van der Waals surface area contributed by atoms with Crippen molar-refractivity contribution in [3.63, 3.8) is 0 Å². The van der Waals surface area contributed by atoms with Crippen molar-refractivity contribution in [1.29, 1.82) is 0 Å². The summed E-state index contributed by atoms with van der Waals surface area (Å²) < 4.78 is 16.3. The van der Waals surface area contributed by atoms with Gasteiger partial charge in [0.05, 0.1) is 25.5 Å². The highest BCUT2D eigenvalue weighted by Crippen LogP contribution is 2.29. The molecule has 2 N–H and O–H groups in total. The quantitative estimate of drug-likeness (QED) is 0.114. The molecular weight excluding hydrogens is 522 g/mol. The maximum absolute atomic E-state index is 12.6. The number of nitrogens with zero attached hydrogens (tertiary/aromatic N) is 1. The lowest BCUT2D eigenvalue weighted by Crippen LogP contribution is -2.18. The number of ether oxygens (including phenoxy) is 3. The van der Waals surface area contributed by atoms with Crippen LogP contribution in [0.25, 0.3) is 0 Å². The Kier molecular flexibility index (Phi) is 9.45. The summed E-state index contributed by atoms with van der Waals surface area (Å²) in [6.07, 6.45) is 1.45. The molecule has 0 aromatic heterocycles. The molecule has 0 aliphatic carbocycles. The molecule has 0 aliphatic heterocycles. The highest BCUT2D eigenvalue weighted by molar-refractivity contribution is 6.04. The average Bonchev–Trinajstić information content (AvgIpc) is 2.99. The van der Waals surface area contributed by atoms with Crippen LogP contribution in [0.5, 0.6) is 17.2 Å². The summed E-state index contributed by atoms with van der Waals surface area (Å²) in [6.45, 7) is 4.08. The van der Waals surface area contributed by atoms with Crippen molar-refractivity contribution in [3.05, 3.63) is 119 Å². The van der Waals surface area contributed by atoms with Crippen molar-refractivity contribution < 1.29 is 28.6 Å². The Hall–Kier alpha value is -5.44. The largest absolute Gasteiger partial charge is 0.497 e. The van der Waals surface area contributed by atoms with E-state index in [1.807, 2.05) is 19.9 Å². The van der Waals surface area contributed by atoms with Gasteiger partial charge < -0.3 is 19.5 Å². The molecule has 9 nitrogen and oxygen atoms in total. The number of esters is 1. The zero-order valence-corrected chi connectivity index (χ0v) is 22.8. The molecule has 4 aromatic carbocycles. The molecule has 4 aromatic rings. The van der Waals surface area contributed by atoms with Crippen LogP contribution in [0, 0.1) is 6.92 Å². The van der Waals surface area contributed by atoms with Gasteiger partial charge in [-0.1, -0.05) is 17.7 Å². The van der Waals surface area contributed by atoms with Crippen molar-refractivity contribution in [2.24, 2.45) is 5.10 Å². The van der Waals surface area contributed by atoms with Crippen LogP contribution in [-0.4, -0.2) is 37.7 Å². The number of methoxy groups -OCH3 is 1. The SMILES string of the molecule is CCOc1cc(/C=N\NC(=O)c2ccc(NC(=O)c3ccc(OC)cc3)cc2)ccc1OC(=O)c1cccc(C)c1. The highest BCUT2D eigenvalue weighted by Gasteiger charge is 2.14. The number of hydrogen-bond acceptors (Lipinski definition) is 7. The normalized spacial score (nSPS) is 10.6. The van der Waals surface area contributed by atoms with E-state index in [9.17, 15) is 14.4 Å². The van der Waals surface area contributed by atoms with Crippen LogP contribution in [0.4, 0.5) is 5.69 Å². The standard InChI is InChI=1S/C32H29N3O6/c1-4-40-29-19-22(8-17-28(29)41-32(38)25-7-5-6-21(2)18-25)20-33-35-31(37)24-9-13-26(14-10-24)34-30(36)23-11-15-27(39-3)16-12-23/h5-20H,4H2,1-3H3,(H,34,36)(H,35,37)/b33-20-. The van der Waals surface area contributed by atoms with Crippen LogP contribution in [0.1, 0.15) is 49.1 Å². The molecule has 0 atom stereocenters. The number of rotatable bonds is 10. The van der Waals surface area contributed by atoms with Gasteiger partial charge in [0.15, 0.2) is 11.5 Å². The fourth-order valence-corrected chi connectivity index (χ4v) is 3.77. The van der Waals surface area contributed by atoms with Crippen LogP contribution < -0.4 is 25.0 Å². The zero-order chi connectivity index (χ0) is 29.2. The van der Waals surface area contributed by atoms with E-state index in [1.54, 1.807) is 92.0 Å². The molecule has 0 spiro atoms. The maximum Gasteiger partial charge on any atom is 0.343 e. The summed E-state index contributed by atoms with van der Waals surface area (Å²) >= 11 is 0. The van der Waals surface area contributed by atoms with Crippen LogP contribution >= 0.6 is 0 Å². The summed E-state index contributed by atoms with van der Waals surface area (Å²) in [5.41, 5.74) is 5.87. The Morgan fingerprint density at radius 3 is 2.20 bits per heavy atom. The van der Waals surface area contributed by atoms with Gasteiger partial charge in [-0.3, -0.25) is 9.59 Å². The summed E-state index contributed by atoms with van der Waals surface area (Å²) in [4.78, 5) is 37.6. The first-order valence-corrected chi connectivity index (χ1v) is 12.8. The molecule has 0 fully saturated rings. The first-order chi connectivity index (χ1) is 19.9. The minimum absolute atomic E-state index is 0.277. The van der Waals surface area contributed by atoms with Gasteiger partial charge in [-0.05, 0) is 98.3 Å². The zero-order valence-electron chi connectivity index (χ0n) is 22.8. The van der Waals surface area contributed by atoms with E-state index in [4.69, 9.17) is 14.2 Å². The van der Waals surface area contributed by atoms with Gasteiger partial charge >= 0.3 is 5.97 Å². The number of hydrogen-bond donors (Lipinski definition) is 2. The van der Waals surface area contributed by atoms with E-state index in [-0.39, 0.29) is 11.7 Å². The fourth-order valence-electron chi connectivity index (χ4n) is 3.77. The summed E-state index contributed by atoms with van der Waals surface area (Å²) in [5, 5.41) is 6.81. The van der Waals surface area contributed by atoms with Crippen LogP contribution in [0.15, 0.2) is 96.1 Å². The van der Waals surface area contributed by atoms with Crippen LogP contribution in [0.3, 0.4) is 0 Å². The van der Waals surface area contributed by atoms with E-state index in [2.05, 4.69) is 15.8 Å². The van der Waals surface area contributed by atoms with Gasteiger partial charge in [-0.2, -0.15) is 5.10 Å². The summed E-state index contributed by atoms with van der Waals surface area (Å²) in [6, 6.07) is 25.3. The number of carbonyl (C=O) groups excluding carboxylic acids is 3. The summed E-state index contributed by atoms with van der Waals surface area (Å²) in [5.74, 6) is 0.106. The molecule has 0 saturated heterocycles. The third-order valence-corrected chi connectivity index (χ3v) is 5.86. The number of nitrogens with one attached hydrogen (secondary N) is 2. The molecule has 0 bridgehead atoms. The van der Waals surface area contributed by atoms with E-state index < -0.39 is 11.9 Å². The second kappa shape index (κ2) is 13.6. The summed E-state index contributed by atoms with van der Waals surface area (Å²) in [7, 11) is 1.56. The monoisotopic (exact) mass is 551 g/mol. The van der Waals surface area contributed by atoms with Crippen LogP contribution in [-0.2, 0) is 0 Å². The number of anilines is 1. The Balaban J connectivity index is 1.35. The molecule has 2 amide bonds. The predicted molar refractivity (Wildman–Crippen MR) is 156 cm³/mol. The molecule has 0 saturated carbocycles. The predicted octanol–water partition coefficient (Wildman–Crippen LogP) is 5.64. The molecule has 41 heavy (non-hydrogen) atoms. The first-order valence-electron chi connectivity index (χ1n) is 12.8. The fraction of sp³-hybridized carbons (Fsp3) is 0.125. The van der Waals surface area contributed by atoms with Crippen molar-refractivity contribution in [2.45, 2.75) is 13.8 Å². The Morgan fingerprint density at radius 1 is 0.805 bits per heavy atom. The lowest BCUT2D eigenvalue weighted by atomic mass is 10.1. The second-order valence-electron chi connectivity index (χ2n) is 8.86. The van der Waals surface area contributed by atoms with E-state index in [1.165, 1.54) is 6.21 Å². The molecule has 0 unspecified atom stereocenters. The van der Waals surface area contributed by atoms with Gasteiger partial charge in [-0.25, -0.2) is 10.2 Å². The van der Waals surface area contributed by atoms with Gasteiger partial charge in [-0.15, -0.1) is 0 Å². The first kappa shape index (κ1) is 28.6. The number of hydrazone groups is 1. The molecule has 0 aliphatic rings. The van der Waals surface area contributed by atoms with Crippen molar-refractivity contribution in [2.75, 3.05) is 19.0 Å². The number of aryl methyl sites for hydroxylation is 1. The van der Waals surface area contributed by atoms with E-state index >= 15 is 0 Å². The third kappa shape index (κ3) is 7.79. The van der Waals surface area contributed by atoms with Gasteiger partial charge in [0, 0.05) is 16.8 Å². The van der Waals surface area contributed by atoms with Crippen molar-refractivity contribution >= 4 is 29.7 Å². The molecule has 208 valence electrons. The number of carbonyl (C=O) groups is 3. The Morgan fingerprint density at radius 2 is 1.51 bits per heavy atom. The third-order valence-electron chi connectivity index (χ3n) is 5.86. The lowest BCUT2D eigenvalue weighted by Gasteiger charge is -2.11. The molecule has 0 radical (unpaired) electrons. The minimum atomic E-state index is -0.491. The molecule has 0 heterocycles. The second-order valence-corrected chi connectivity index (χ2v) is 8.86. The van der Waals surface area contributed by atoms with E-state index in [0.29, 0.717) is 46.0 Å². The molecule has 9 heteroatoms. The Bertz CT molecular complexity index is 1560. The number of amides is 2. The minimum Gasteiger partial charge on any atom is -0.497 e. The topological polar surface area (TPSA) is 115 Å². The maximum atomic E-state index is 12.6. The van der Waals surface area contributed by atoms with Gasteiger partial charge in [0.2, 0.25) is 0 Å². The molecule has 4 rings (SSSR count). The smallest absolute Gasteiger partial charge is 0.343 e. The average molecular weight is 552 g/mol. The number of benzene rings is 4. The van der Waals surface area contributed by atoms with Gasteiger partial charge in [0.25, 0.3) is 11.8 Å². The highest BCUT2D eigenvalue weighted by atomic mass is 16.6. The molecular formula is C32H29N3O6.